The zero-order valence-electron chi connectivity index (χ0n) is 15.2. The molecule has 1 amide bonds. The summed E-state index contributed by atoms with van der Waals surface area (Å²) in [4.78, 5) is 14.9. The summed E-state index contributed by atoms with van der Waals surface area (Å²) in [6.45, 7) is 1.54. The van der Waals surface area contributed by atoms with E-state index in [0.717, 1.165) is 25.1 Å². The Bertz CT molecular complexity index is 793. The summed E-state index contributed by atoms with van der Waals surface area (Å²) < 4.78 is 26.4. The third-order valence-corrected chi connectivity index (χ3v) is 4.53. The zero-order chi connectivity index (χ0) is 18.7. The quantitative estimate of drug-likeness (QED) is 0.881. The minimum Gasteiger partial charge on any atom is -0.493 e. The van der Waals surface area contributed by atoms with Crippen LogP contribution < -0.4 is 19.7 Å². The van der Waals surface area contributed by atoms with Crippen LogP contribution in [0.15, 0.2) is 24.5 Å². The number of hydrogen-bond donors (Lipinski definition) is 1. The number of aromatic nitrogens is 2. The molecule has 1 aliphatic rings. The number of anilines is 1. The number of nitrogens with one attached hydrogen (secondary N) is 1. The lowest BCUT2D eigenvalue weighted by molar-refractivity contribution is 0.0925. The SMILES string of the molecule is COc1ccc(F)c(C(=O)N[C@@H]2CCCN(c3cnn(C)c3)C2)c1OC. The molecule has 1 N–H and O–H groups in total. The second-order valence-corrected chi connectivity index (χ2v) is 6.29. The minimum atomic E-state index is -0.639. The Morgan fingerprint density at radius 3 is 2.81 bits per heavy atom. The molecule has 0 bridgehead atoms. The smallest absolute Gasteiger partial charge is 0.258 e. The molecule has 1 aromatic heterocycles. The van der Waals surface area contributed by atoms with E-state index in [-0.39, 0.29) is 17.4 Å². The number of piperidine rings is 1. The monoisotopic (exact) mass is 362 g/mol. The predicted molar refractivity (Wildman–Crippen MR) is 95.4 cm³/mol. The van der Waals surface area contributed by atoms with Gasteiger partial charge in [-0.3, -0.25) is 9.48 Å². The van der Waals surface area contributed by atoms with E-state index in [2.05, 4.69) is 15.3 Å². The molecule has 1 atom stereocenters. The number of rotatable bonds is 5. The molecule has 26 heavy (non-hydrogen) atoms. The molecule has 1 aliphatic heterocycles. The second kappa shape index (κ2) is 7.63. The molecule has 3 rings (SSSR count). The number of ether oxygens (including phenoxy) is 2. The van der Waals surface area contributed by atoms with Crippen LogP contribution in [0.2, 0.25) is 0 Å². The summed E-state index contributed by atoms with van der Waals surface area (Å²) in [5.41, 5.74) is 0.877. The average Bonchev–Trinajstić information content (AvgIpc) is 3.07. The lowest BCUT2D eigenvalue weighted by Crippen LogP contribution is -2.48. The maximum absolute atomic E-state index is 14.3. The first-order valence-electron chi connectivity index (χ1n) is 8.48. The largest absolute Gasteiger partial charge is 0.493 e. The molecule has 7 nitrogen and oxygen atoms in total. The Balaban J connectivity index is 1.75. The third-order valence-electron chi connectivity index (χ3n) is 4.53. The molecule has 0 aliphatic carbocycles. The number of methoxy groups -OCH3 is 2. The highest BCUT2D eigenvalue weighted by Crippen LogP contribution is 2.33. The van der Waals surface area contributed by atoms with E-state index in [9.17, 15) is 9.18 Å². The van der Waals surface area contributed by atoms with Gasteiger partial charge in [0.15, 0.2) is 11.5 Å². The van der Waals surface area contributed by atoms with Crippen molar-refractivity contribution in [2.75, 3.05) is 32.2 Å². The first-order chi connectivity index (χ1) is 12.5. The van der Waals surface area contributed by atoms with Gasteiger partial charge in [-0.1, -0.05) is 0 Å². The molecule has 0 saturated carbocycles. The van der Waals surface area contributed by atoms with E-state index >= 15 is 0 Å². The van der Waals surface area contributed by atoms with E-state index < -0.39 is 11.7 Å². The Morgan fingerprint density at radius 2 is 2.15 bits per heavy atom. The van der Waals surface area contributed by atoms with Gasteiger partial charge in [-0.25, -0.2) is 4.39 Å². The summed E-state index contributed by atoms with van der Waals surface area (Å²) in [5, 5.41) is 7.11. The normalized spacial score (nSPS) is 17.1. The molecule has 2 heterocycles. The molecular formula is C18H23FN4O3. The highest BCUT2D eigenvalue weighted by molar-refractivity contribution is 5.98. The Labute approximate surface area is 151 Å². The fourth-order valence-electron chi connectivity index (χ4n) is 3.27. The average molecular weight is 362 g/mol. The van der Waals surface area contributed by atoms with Crippen molar-refractivity contribution in [3.05, 3.63) is 35.9 Å². The molecule has 140 valence electrons. The number of halogens is 1. The number of hydrogen-bond acceptors (Lipinski definition) is 5. The van der Waals surface area contributed by atoms with Crippen LogP contribution in [-0.4, -0.2) is 49.0 Å². The molecule has 1 saturated heterocycles. The standard InChI is InChI=1S/C18H23FN4O3/c1-22-11-13(9-20-22)23-8-4-5-12(10-23)21-18(24)16-14(19)6-7-15(25-2)17(16)26-3/h6-7,9,11-12H,4-5,8,10H2,1-3H3,(H,21,24)/t12-/m1/s1. The summed E-state index contributed by atoms with van der Waals surface area (Å²) in [6, 6.07) is 2.56. The highest BCUT2D eigenvalue weighted by Gasteiger charge is 2.27. The second-order valence-electron chi connectivity index (χ2n) is 6.29. The molecule has 2 aromatic rings. The van der Waals surface area contributed by atoms with E-state index in [1.807, 2.05) is 13.2 Å². The zero-order valence-corrected chi connectivity index (χ0v) is 15.2. The first kappa shape index (κ1) is 18.0. The van der Waals surface area contributed by atoms with Crippen LogP contribution in [-0.2, 0) is 7.05 Å². The van der Waals surface area contributed by atoms with E-state index in [1.165, 1.54) is 26.4 Å². The number of amides is 1. The highest BCUT2D eigenvalue weighted by atomic mass is 19.1. The van der Waals surface area contributed by atoms with Gasteiger partial charge in [0.05, 0.1) is 26.1 Å². The topological polar surface area (TPSA) is 68.6 Å². The number of nitrogens with zero attached hydrogens (tertiary/aromatic N) is 3. The van der Waals surface area contributed by atoms with E-state index in [0.29, 0.717) is 12.3 Å². The van der Waals surface area contributed by atoms with Crippen molar-refractivity contribution in [1.29, 1.82) is 0 Å². The first-order valence-corrected chi connectivity index (χ1v) is 8.48. The maximum atomic E-state index is 14.3. The van der Waals surface area contributed by atoms with Gasteiger partial charge in [0.2, 0.25) is 0 Å². The molecule has 1 fully saturated rings. The van der Waals surface area contributed by atoms with Gasteiger partial charge in [0.25, 0.3) is 5.91 Å². The lowest BCUT2D eigenvalue weighted by Gasteiger charge is -2.34. The van der Waals surface area contributed by atoms with Gasteiger partial charge in [-0.15, -0.1) is 0 Å². The Morgan fingerprint density at radius 1 is 1.35 bits per heavy atom. The van der Waals surface area contributed by atoms with Gasteiger partial charge in [-0.2, -0.15) is 5.10 Å². The van der Waals surface area contributed by atoms with Crippen LogP contribution in [0.4, 0.5) is 10.1 Å². The van der Waals surface area contributed by atoms with E-state index in [1.54, 1.807) is 10.9 Å². The molecule has 0 spiro atoms. The van der Waals surface area contributed by atoms with Crippen molar-refractivity contribution in [3.63, 3.8) is 0 Å². The Hall–Kier alpha value is -2.77. The molecule has 1 aromatic carbocycles. The van der Waals surface area contributed by atoms with Crippen molar-refractivity contribution in [3.8, 4) is 11.5 Å². The van der Waals surface area contributed by atoms with Gasteiger partial charge < -0.3 is 19.7 Å². The Kier molecular flexibility index (Phi) is 5.29. The maximum Gasteiger partial charge on any atom is 0.258 e. The number of benzene rings is 1. The van der Waals surface area contributed by atoms with Crippen LogP contribution >= 0.6 is 0 Å². The molecular weight excluding hydrogens is 339 g/mol. The van der Waals surface area contributed by atoms with Crippen molar-refractivity contribution in [1.82, 2.24) is 15.1 Å². The summed E-state index contributed by atoms with van der Waals surface area (Å²) in [7, 11) is 4.70. The summed E-state index contributed by atoms with van der Waals surface area (Å²) in [6.07, 6.45) is 5.50. The van der Waals surface area contributed by atoms with Crippen molar-refractivity contribution < 1.29 is 18.7 Å². The van der Waals surface area contributed by atoms with Crippen LogP contribution in [0, 0.1) is 5.82 Å². The minimum absolute atomic E-state index is 0.0910. The predicted octanol–water partition coefficient (Wildman–Crippen LogP) is 1.98. The number of carbonyl (C=O) groups is 1. The fraction of sp³-hybridized carbons (Fsp3) is 0.444. The van der Waals surface area contributed by atoms with Crippen molar-refractivity contribution >= 4 is 11.6 Å². The fourth-order valence-corrected chi connectivity index (χ4v) is 3.27. The van der Waals surface area contributed by atoms with Crippen LogP contribution in [0.5, 0.6) is 11.5 Å². The van der Waals surface area contributed by atoms with Crippen LogP contribution in [0.1, 0.15) is 23.2 Å². The van der Waals surface area contributed by atoms with Gasteiger partial charge in [0, 0.05) is 32.4 Å². The lowest BCUT2D eigenvalue weighted by atomic mass is 10.0. The van der Waals surface area contributed by atoms with Crippen molar-refractivity contribution in [2.45, 2.75) is 18.9 Å². The van der Waals surface area contributed by atoms with Gasteiger partial charge in [0.1, 0.15) is 11.4 Å². The third kappa shape index (κ3) is 3.58. The molecule has 0 radical (unpaired) electrons. The van der Waals surface area contributed by atoms with Gasteiger partial charge in [-0.05, 0) is 25.0 Å². The number of carbonyl (C=O) groups excluding carboxylic acids is 1. The molecule has 8 heteroatoms. The summed E-state index contributed by atoms with van der Waals surface area (Å²) >= 11 is 0. The van der Waals surface area contributed by atoms with E-state index in [4.69, 9.17) is 9.47 Å². The number of aryl methyl sites for hydroxylation is 1. The summed E-state index contributed by atoms with van der Waals surface area (Å²) in [5.74, 6) is -0.721. The molecule has 0 unspecified atom stereocenters. The van der Waals surface area contributed by atoms with Gasteiger partial charge >= 0.3 is 0 Å². The van der Waals surface area contributed by atoms with Crippen LogP contribution in [0.25, 0.3) is 0 Å². The van der Waals surface area contributed by atoms with Crippen molar-refractivity contribution in [2.24, 2.45) is 7.05 Å². The van der Waals surface area contributed by atoms with Crippen LogP contribution in [0.3, 0.4) is 0 Å².